The number of H-pyrrole nitrogens is 1. The highest BCUT2D eigenvalue weighted by Gasteiger charge is 2.30. The number of aliphatic hydroxyl groups excluding tert-OH is 1. The highest BCUT2D eigenvalue weighted by molar-refractivity contribution is 6.01. The van der Waals surface area contributed by atoms with Crippen molar-refractivity contribution in [1.82, 2.24) is 24.4 Å². The minimum atomic E-state index is -0.424. The highest BCUT2D eigenvalue weighted by atomic mass is 16.3. The van der Waals surface area contributed by atoms with Crippen LogP contribution in [0.2, 0.25) is 0 Å². The fourth-order valence-corrected chi connectivity index (χ4v) is 5.11. The average molecular weight is 406 g/mol. The molecule has 5 rings (SSSR count). The molecule has 1 saturated carbocycles. The molecular formula is C22H26N6O2. The van der Waals surface area contributed by atoms with E-state index in [1.165, 1.54) is 0 Å². The Kier molecular flexibility index (Phi) is 4.91. The number of aliphatic hydroxyl groups is 1. The van der Waals surface area contributed by atoms with Crippen LogP contribution in [0.4, 0.5) is 0 Å². The number of nitriles is 1. The first-order valence-electron chi connectivity index (χ1n) is 10.8. The van der Waals surface area contributed by atoms with Gasteiger partial charge in [-0.3, -0.25) is 4.79 Å². The maximum absolute atomic E-state index is 12.9. The van der Waals surface area contributed by atoms with Gasteiger partial charge in [0, 0.05) is 37.1 Å². The molecule has 3 aromatic heterocycles. The zero-order valence-electron chi connectivity index (χ0n) is 16.9. The number of amides is 1. The summed E-state index contributed by atoms with van der Waals surface area (Å²) in [5.74, 6) is 1.25. The van der Waals surface area contributed by atoms with Crippen LogP contribution in [0.25, 0.3) is 22.1 Å². The van der Waals surface area contributed by atoms with Crippen molar-refractivity contribution < 1.29 is 9.90 Å². The van der Waals surface area contributed by atoms with Crippen molar-refractivity contribution in [3.8, 4) is 6.07 Å². The lowest BCUT2D eigenvalue weighted by atomic mass is 9.84. The summed E-state index contributed by atoms with van der Waals surface area (Å²) in [5.41, 5.74) is 2.67. The van der Waals surface area contributed by atoms with Crippen molar-refractivity contribution in [1.29, 1.82) is 5.26 Å². The molecule has 0 spiro atoms. The summed E-state index contributed by atoms with van der Waals surface area (Å²) >= 11 is 0. The second-order valence-electron chi connectivity index (χ2n) is 8.63. The van der Waals surface area contributed by atoms with Crippen molar-refractivity contribution in [3.63, 3.8) is 0 Å². The van der Waals surface area contributed by atoms with Gasteiger partial charge in [0.05, 0.1) is 30.3 Å². The Labute approximate surface area is 174 Å². The van der Waals surface area contributed by atoms with Gasteiger partial charge in [0.1, 0.15) is 17.0 Å². The summed E-state index contributed by atoms with van der Waals surface area (Å²) in [5, 5.41) is 19.9. The van der Waals surface area contributed by atoms with E-state index in [1.807, 2.05) is 12.3 Å². The van der Waals surface area contributed by atoms with Crippen LogP contribution in [0, 0.1) is 17.2 Å². The van der Waals surface area contributed by atoms with E-state index >= 15 is 0 Å². The molecule has 0 radical (unpaired) electrons. The van der Waals surface area contributed by atoms with Gasteiger partial charge in [-0.15, -0.1) is 0 Å². The lowest BCUT2D eigenvalue weighted by Crippen LogP contribution is -2.32. The SMILES string of the molecule is N#CCC1CCC(n2c(CC(=O)N3CC[C@H](O)C3)nc3cnc4[nH]ccc4c32)CC1. The number of hydrogen-bond donors (Lipinski definition) is 2. The van der Waals surface area contributed by atoms with Crippen LogP contribution in [-0.4, -0.2) is 54.6 Å². The van der Waals surface area contributed by atoms with Gasteiger partial charge in [-0.05, 0) is 44.1 Å². The molecule has 0 bridgehead atoms. The Hall–Kier alpha value is -2.92. The number of aromatic nitrogens is 4. The van der Waals surface area contributed by atoms with Gasteiger partial charge in [-0.25, -0.2) is 9.97 Å². The predicted molar refractivity (Wildman–Crippen MR) is 112 cm³/mol. The summed E-state index contributed by atoms with van der Waals surface area (Å²) < 4.78 is 2.26. The number of pyridine rings is 1. The summed E-state index contributed by atoms with van der Waals surface area (Å²) in [7, 11) is 0. The molecule has 156 valence electrons. The minimum Gasteiger partial charge on any atom is -0.391 e. The molecule has 3 aromatic rings. The van der Waals surface area contributed by atoms with Gasteiger partial charge in [0.15, 0.2) is 0 Å². The van der Waals surface area contributed by atoms with E-state index in [-0.39, 0.29) is 18.4 Å². The lowest BCUT2D eigenvalue weighted by Gasteiger charge is -2.30. The van der Waals surface area contributed by atoms with Crippen molar-refractivity contribution in [2.24, 2.45) is 5.92 Å². The molecular weight excluding hydrogens is 380 g/mol. The number of likely N-dealkylation sites (tertiary alicyclic amines) is 1. The predicted octanol–water partition coefficient (Wildman–Crippen LogP) is 2.69. The molecule has 2 aliphatic rings. The van der Waals surface area contributed by atoms with Crippen LogP contribution in [0.15, 0.2) is 18.5 Å². The smallest absolute Gasteiger partial charge is 0.230 e. The van der Waals surface area contributed by atoms with E-state index in [4.69, 9.17) is 10.2 Å². The molecule has 8 nitrogen and oxygen atoms in total. The van der Waals surface area contributed by atoms with E-state index < -0.39 is 6.10 Å². The van der Waals surface area contributed by atoms with Gasteiger partial charge in [-0.1, -0.05) is 0 Å². The maximum atomic E-state index is 12.9. The first-order valence-corrected chi connectivity index (χ1v) is 10.8. The molecule has 1 aliphatic carbocycles. The summed E-state index contributed by atoms with van der Waals surface area (Å²) in [4.78, 5) is 27.1. The van der Waals surface area contributed by atoms with E-state index in [2.05, 4.69) is 20.6 Å². The number of aromatic amines is 1. The molecule has 4 heterocycles. The molecule has 2 fully saturated rings. The van der Waals surface area contributed by atoms with Crippen LogP contribution in [0.5, 0.6) is 0 Å². The molecule has 30 heavy (non-hydrogen) atoms. The number of nitrogens with zero attached hydrogens (tertiary/aromatic N) is 5. The quantitative estimate of drug-likeness (QED) is 0.692. The Morgan fingerprint density at radius 3 is 2.87 bits per heavy atom. The summed E-state index contributed by atoms with van der Waals surface area (Å²) in [6, 6.07) is 4.59. The third-order valence-electron chi connectivity index (χ3n) is 6.69. The number of β-amino-alcohol motifs (C(OH)–C–C–N with tert-alkyl or cyclic N) is 1. The fraction of sp³-hybridized carbons (Fsp3) is 0.545. The molecule has 2 N–H and O–H groups in total. The van der Waals surface area contributed by atoms with Gasteiger partial charge in [-0.2, -0.15) is 5.26 Å². The zero-order valence-corrected chi connectivity index (χ0v) is 16.9. The number of rotatable bonds is 4. The number of carbonyl (C=O) groups excluding carboxylic acids is 1. The molecule has 0 aromatic carbocycles. The number of fused-ring (bicyclic) bond motifs is 3. The van der Waals surface area contributed by atoms with Gasteiger partial charge in [0.25, 0.3) is 0 Å². The Morgan fingerprint density at radius 2 is 2.13 bits per heavy atom. The average Bonchev–Trinajstić information content (AvgIpc) is 3.46. The molecule has 8 heteroatoms. The van der Waals surface area contributed by atoms with E-state index in [9.17, 15) is 9.90 Å². The maximum Gasteiger partial charge on any atom is 0.230 e. The normalized spacial score (nSPS) is 24.5. The molecule has 1 amide bonds. The summed E-state index contributed by atoms with van der Waals surface area (Å²) in [6.45, 7) is 1.01. The van der Waals surface area contributed by atoms with Crippen molar-refractivity contribution in [2.75, 3.05) is 13.1 Å². The number of carbonyl (C=O) groups is 1. The number of imidazole rings is 1. The van der Waals surface area contributed by atoms with Gasteiger partial charge < -0.3 is 19.6 Å². The highest BCUT2D eigenvalue weighted by Crippen LogP contribution is 2.38. The van der Waals surface area contributed by atoms with Crippen molar-refractivity contribution in [2.45, 2.75) is 57.1 Å². The monoisotopic (exact) mass is 406 g/mol. The van der Waals surface area contributed by atoms with E-state index in [0.717, 1.165) is 53.6 Å². The van der Waals surface area contributed by atoms with Crippen LogP contribution < -0.4 is 0 Å². The lowest BCUT2D eigenvalue weighted by molar-refractivity contribution is -0.129. The summed E-state index contributed by atoms with van der Waals surface area (Å²) in [6.07, 6.45) is 8.72. The first kappa shape index (κ1) is 19.1. The second kappa shape index (κ2) is 7.73. The first-order chi connectivity index (χ1) is 14.6. The van der Waals surface area contributed by atoms with E-state index in [0.29, 0.717) is 31.8 Å². The third-order valence-corrected chi connectivity index (χ3v) is 6.69. The topological polar surface area (TPSA) is 111 Å². The molecule has 0 unspecified atom stereocenters. The van der Waals surface area contributed by atoms with Crippen molar-refractivity contribution >= 4 is 28.0 Å². The van der Waals surface area contributed by atoms with Gasteiger partial charge in [0.2, 0.25) is 5.91 Å². The van der Waals surface area contributed by atoms with Crippen LogP contribution >= 0.6 is 0 Å². The van der Waals surface area contributed by atoms with E-state index in [1.54, 1.807) is 11.1 Å². The Balaban J connectivity index is 1.52. The molecule has 1 saturated heterocycles. The largest absolute Gasteiger partial charge is 0.391 e. The fourth-order valence-electron chi connectivity index (χ4n) is 5.11. The Morgan fingerprint density at radius 1 is 1.30 bits per heavy atom. The van der Waals surface area contributed by atoms with Gasteiger partial charge >= 0.3 is 0 Å². The molecule has 1 atom stereocenters. The number of nitrogens with one attached hydrogen (secondary N) is 1. The van der Waals surface area contributed by atoms with Crippen molar-refractivity contribution in [3.05, 3.63) is 24.3 Å². The Bertz CT molecular complexity index is 1120. The minimum absolute atomic E-state index is 0.0135. The van der Waals surface area contributed by atoms with Crippen LogP contribution in [0.3, 0.4) is 0 Å². The van der Waals surface area contributed by atoms with Crippen LogP contribution in [-0.2, 0) is 11.2 Å². The van der Waals surface area contributed by atoms with Crippen LogP contribution in [0.1, 0.15) is 50.4 Å². The second-order valence-corrected chi connectivity index (χ2v) is 8.63. The third kappa shape index (κ3) is 3.33. The standard InChI is InChI=1S/C22H26N6O2/c23-8-5-14-1-3-15(4-2-14)28-19(11-20(30)27-10-7-16(29)13-27)26-18-12-25-22-17(21(18)28)6-9-24-22/h6,9,12,14-16,29H,1-5,7,10-11,13H2,(H,24,25)/t14?,15?,16-/m0/s1. The molecule has 1 aliphatic heterocycles. The number of hydrogen-bond acceptors (Lipinski definition) is 5. The zero-order chi connectivity index (χ0) is 20.7.